The van der Waals surface area contributed by atoms with Crippen LogP contribution in [0.5, 0.6) is 0 Å². The Morgan fingerprint density at radius 3 is 2.44 bits per heavy atom. The molecule has 0 bridgehead atoms. The number of alkyl halides is 3. The Labute approximate surface area is 103 Å². The summed E-state index contributed by atoms with van der Waals surface area (Å²) in [6, 6.07) is 3.63. The van der Waals surface area contributed by atoms with Crippen molar-refractivity contribution in [2.24, 2.45) is 5.73 Å². The molecule has 2 atom stereocenters. The molecule has 0 saturated heterocycles. The van der Waals surface area contributed by atoms with Crippen LogP contribution in [0.25, 0.3) is 0 Å². The van der Waals surface area contributed by atoms with Gasteiger partial charge in [0.1, 0.15) is 0 Å². The first-order valence-electron chi connectivity index (χ1n) is 5.45. The Morgan fingerprint density at radius 1 is 1.33 bits per heavy atom. The molecule has 100 valence electrons. The van der Waals surface area contributed by atoms with Gasteiger partial charge < -0.3 is 11.1 Å². The lowest BCUT2D eigenvalue weighted by molar-refractivity contribution is -0.137. The molecule has 1 amide bonds. The van der Waals surface area contributed by atoms with Crippen molar-refractivity contribution in [2.45, 2.75) is 32.1 Å². The molecule has 0 fully saturated rings. The van der Waals surface area contributed by atoms with Gasteiger partial charge in [-0.2, -0.15) is 13.2 Å². The Morgan fingerprint density at radius 2 is 1.94 bits per heavy atom. The maximum absolute atomic E-state index is 12.5. The third kappa shape index (κ3) is 3.73. The summed E-state index contributed by atoms with van der Waals surface area (Å²) in [5.74, 6) is -0.403. The van der Waals surface area contributed by atoms with E-state index in [1.54, 1.807) is 6.92 Å². The molecule has 3 N–H and O–H groups in total. The summed E-state index contributed by atoms with van der Waals surface area (Å²) in [4.78, 5) is 11.4. The minimum absolute atomic E-state index is 0.388. The zero-order valence-electron chi connectivity index (χ0n) is 10.1. The fraction of sp³-hybridized carbons (Fsp3) is 0.417. The summed E-state index contributed by atoms with van der Waals surface area (Å²) in [6.07, 6.45) is -4.39. The van der Waals surface area contributed by atoms with Gasteiger partial charge >= 0.3 is 6.18 Å². The van der Waals surface area contributed by atoms with Crippen LogP contribution in [0, 0.1) is 0 Å². The van der Waals surface area contributed by atoms with Crippen molar-refractivity contribution < 1.29 is 18.0 Å². The molecule has 1 unspecified atom stereocenters. The Bertz CT molecular complexity index is 430. The van der Waals surface area contributed by atoms with Crippen LogP contribution >= 0.6 is 0 Å². The number of halogens is 3. The molecular formula is C12H15F3N2O. The van der Waals surface area contributed by atoms with Gasteiger partial charge in [0.2, 0.25) is 5.91 Å². The van der Waals surface area contributed by atoms with Crippen LogP contribution in [-0.2, 0) is 11.0 Å². The normalized spacial score (nSPS) is 15.0. The lowest BCUT2D eigenvalue weighted by Crippen LogP contribution is -2.39. The molecule has 0 heterocycles. The average molecular weight is 260 g/mol. The van der Waals surface area contributed by atoms with Gasteiger partial charge in [-0.25, -0.2) is 0 Å². The Hall–Kier alpha value is -1.56. The minimum atomic E-state index is -4.39. The minimum Gasteiger partial charge on any atom is -0.348 e. The van der Waals surface area contributed by atoms with Gasteiger partial charge in [-0.3, -0.25) is 4.79 Å². The molecule has 0 spiro atoms. The van der Waals surface area contributed by atoms with Crippen molar-refractivity contribution >= 4 is 5.91 Å². The molecule has 6 heteroatoms. The number of amides is 1. The lowest BCUT2D eigenvalue weighted by atomic mass is 10.0. The highest BCUT2D eigenvalue weighted by molar-refractivity contribution is 5.81. The first-order valence-corrected chi connectivity index (χ1v) is 5.45. The van der Waals surface area contributed by atoms with E-state index in [4.69, 9.17) is 5.73 Å². The van der Waals surface area contributed by atoms with E-state index >= 15 is 0 Å². The topological polar surface area (TPSA) is 55.1 Å². The summed E-state index contributed by atoms with van der Waals surface area (Å²) >= 11 is 0. The van der Waals surface area contributed by atoms with Crippen LogP contribution in [0.15, 0.2) is 24.3 Å². The van der Waals surface area contributed by atoms with Gasteiger partial charge in [-0.05, 0) is 31.5 Å². The summed E-state index contributed by atoms with van der Waals surface area (Å²) in [5.41, 5.74) is 5.02. The highest BCUT2D eigenvalue weighted by Crippen LogP contribution is 2.30. The van der Waals surface area contributed by atoms with Crippen LogP contribution in [0.1, 0.15) is 31.0 Å². The predicted octanol–water partition coefficient (Wildman–Crippen LogP) is 2.23. The van der Waals surface area contributed by atoms with Crippen LogP contribution in [0.2, 0.25) is 0 Å². The number of hydrogen-bond acceptors (Lipinski definition) is 2. The van der Waals surface area contributed by atoms with Gasteiger partial charge in [0.25, 0.3) is 0 Å². The molecule has 1 aromatic carbocycles. The van der Waals surface area contributed by atoms with E-state index in [1.807, 2.05) is 0 Å². The molecule has 1 rings (SSSR count). The van der Waals surface area contributed by atoms with Gasteiger partial charge in [0.15, 0.2) is 0 Å². The summed E-state index contributed by atoms with van der Waals surface area (Å²) in [6.45, 7) is 3.12. The van der Waals surface area contributed by atoms with Gasteiger partial charge in [0, 0.05) is 0 Å². The van der Waals surface area contributed by atoms with Crippen LogP contribution in [0.4, 0.5) is 13.2 Å². The van der Waals surface area contributed by atoms with Gasteiger partial charge in [-0.15, -0.1) is 0 Å². The van der Waals surface area contributed by atoms with E-state index in [1.165, 1.54) is 19.1 Å². The van der Waals surface area contributed by atoms with Gasteiger partial charge in [-0.1, -0.05) is 12.1 Å². The number of rotatable bonds is 3. The van der Waals surface area contributed by atoms with Crippen molar-refractivity contribution in [1.29, 1.82) is 0 Å². The molecule has 3 nitrogen and oxygen atoms in total. The van der Waals surface area contributed by atoms with Crippen LogP contribution in [-0.4, -0.2) is 11.9 Å². The van der Waals surface area contributed by atoms with Crippen molar-refractivity contribution in [3.63, 3.8) is 0 Å². The summed E-state index contributed by atoms with van der Waals surface area (Å²) < 4.78 is 37.5. The maximum Gasteiger partial charge on any atom is 0.416 e. The molecular weight excluding hydrogens is 245 g/mol. The largest absolute Gasteiger partial charge is 0.416 e. The highest BCUT2D eigenvalue weighted by atomic mass is 19.4. The molecule has 0 aromatic heterocycles. The second-order valence-electron chi connectivity index (χ2n) is 4.14. The van der Waals surface area contributed by atoms with Crippen molar-refractivity contribution in [1.82, 2.24) is 5.32 Å². The second-order valence-corrected chi connectivity index (χ2v) is 4.14. The van der Waals surface area contributed by atoms with Crippen molar-refractivity contribution in [3.05, 3.63) is 35.4 Å². The summed E-state index contributed by atoms with van der Waals surface area (Å²) in [7, 11) is 0. The first kappa shape index (κ1) is 14.5. The fourth-order valence-electron chi connectivity index (χ4n) is 1.41. The molecule has 0 aliphatic carbocycles. The van der Waals surface area contributed by atoms with E-state index in [0.717, 1.165) is 12.1 Å². The molecule has 18 heavy (non-hydrogen) atoms. The van der Waals surface area contributed by atoms with E-state index in [9.17, 15) is 18.0 Å². The van der Waals surface area contributed by atoms with E-state index in [2.05, 4.69) is 5.32 Å². The number of carbonyl (C=O) groups excluding carboxylic acids is 1. The SMILES string of the molecule is CC(NC(=O)[C@H](C)N)c1cccc(C(F)(F)F)c1. The zero-order chi connectivity index (χ0) is 13.9. The third-order valence-corrected chi connectivity index (χ3v) is 2.49. The van der Waals surface area contributed by atoms with Gasteiger partial charge in [0.05, 0.1) is 17.6 Å². The maximum atomic E-state index is 12.5. The van der Waals surface area contributed by atoms with E-state index < -0.39 is 29.7 Å². The lowest BCUT2D eigenvalue weighted by Gasteiger charge is -2.17. The Balaban J connectivity index is 2.87. The number of hydrogen-bond donors (Lipinski definition) is 2. The van der Waals surface area contributed by atoms with E-state index in [-0.39, 0.29) is 0 Å². The highest BCUT2D eigenvalue weighted by Gasteiger charge is 2.30. The number of carbonyl (C=O) groups is 1. The number of benzene rings is 1. The molecule has 0 aliphatic rings. The molecule has 0 aliphatic heterocycles. The average Bonchev–Trinajstić information content (AvgIpc) is 2.27. The van der Waals surface area contributed by atoms with Crippen LogP contribution < -0.4 is 11.1 Å². The van der Waals surface area contributed by atoms with Crippen molar-refractivity contribution in [2.75, 3.05) is 0 Å². The molecule has 0 radical (unpaired) electrons. The standard InChI is InChI=1S/C12H15F3N2O/c1-7(16)11(18)17-8(2)9-4-3-5-10(6-9)12(13,14)15/h3-8H,16H2,1-2H3,(H,17,18)/t7-,8?/m0/s1. The molecule has 1 aromatic rings. The monoisotopic (exact) mass is 260 g/mol. The zero-order valence-corrected chi connectivity index (χ0v) is 10.1. The summed E-state index contributed by atoms with van der Waals surface area (Å²) in [5, 5.41) is 2.54. The smallest absolute Gasteiger partial charge is 0.348 e. The predicted molar refractivity (Wildman–Crippen MR) is 61.7 cm³/mol. The Kier molecular flexibility index (Phi) is 4.34. The number of nitrogens with one attached hydrogen (secondary N) is 1. The van der Waals surface area contributed by atoms with Crippen molar-refractivity contribution in [3.8, 4) is 0 Å². The first-order chi connectivity index (χ1) is 8.21. The van der Waals surface area contributed by atoms with E-state index in [0.29, 0.717) is 5.56 Å². The second kappa shape index (κ2) is 5.39. The van der Waals surface area contributed by atoms with Crippen LogP contribution in [0.3, 0.4) is 0 Å². The quantitative estimate of drug-likeness (QED) is 0.875. The third-order valence-electron chi connectivity index (χ3n) is 2.49. The molecule has 0 saturated carbocycles. The fourth-order valence-corrected chi connectivity index (χ4v) is 1.41. The number of nitrogens with two attached hydrogens (primary N) is 1.